The summed E-state index contributed by atoms with van der Waals surface area (Å²) in [6, 6.07) is 23.4. The van der Waals surface area contributed by atoms with Crippen LogP contribution in [0.1, 0.15) is 28.8 Å². The van der Waals surface area contributed by atoms with E-state index in [1.165, 1.54) is 0 Å². The molecule has 0 radical (unpaired) electrons. The van der Waals surface area contributed by atoms with E-state index < -0.39 is 0 Å². The summed E-state index contributed by atoms with van der Waals surface area (Å²) < 4.78 is 0. The van der Waals surface area contributed by atoms with Gasteiger partial charge in [-0.3, -0.25) is 4.79 Å². The molecule has 146 valence electrons. The lowest BCUT2D eigenvalue weighted by atomic mass is 10.1. The lowest BCUT2D eigenvalue weighted by Crippen LogP contribution is -2.38. The maximum Gasteiger partial charge on any atom is 0.319 e. The van der Waals surface area contributed by atoms with Gasteiger partial charge in [0, 0.05) is 22.0 Å². The molecule has 3 N–H and O–H groups in total. The Morgan fingerprint density at radius 2 is 1.48 bits per heavy atom. The summed E-state index contributed by atoms with van der Waals surface area (Å²) in [4.78, 5) is 25.0. The number of benzene rings is 3. The quantitative estimate of drug-likeness (QED) is 0.531. The van der Waals surface area contributed by atoms with E-state index in [1.54, 1.807) is 48.5 Å². The third-order valence-electron chi connectivity index (χ3n) is 4.89. The zero-order valence-corrected chi connectivity index (χ0v) is 16.4. The van der Waals surface area contributed by atoms with Gasteiger partial charge < -0.3 is 16.0 Å². The third kappa shape index (κ3) is 4.58. The predicted octanol–water partition coefficient (Wildman–Crippen LogP) is 5.40. The van der Waals surface area contributed by atoms with Gasteiger partial charge in [-0.05, 0) is 54.8 Å². The van der Waals surface area contributed by atoms with Gasteiger partial charge in [0.1, 0.15) is 0 Å². The van der Waals surface area contributed by atoms with Crippen molar-refractivity contribution >= 4 is 34.9 Å². The van der Waals surface area contributed by atoms with Crippen LogP contribution in [0.4, 0.5) is 16.2 Å². The standard InChI is InChI=1S/C23H20ClN3O2/c24-18-9-5-11-20(15-18)25-21(28)16-6-4-10-19(14-16)26-22(29)27-23(12-13-23)17-7-2-1-3-8-17/h1-11,14-15H,12-13H2,(H,25,28)(H2,26,27,29). The van der Waals surface area contributed by atoms with Gasteiger partial charge in [-0.2, -0.15) is 0 Å². The van der Waals surface area contributed by atoms with Crippen LogP contribution in [0.3, 0.4) is 0 Å². The highest BCUT2D eigenvalue weighted by Gasteiger charge is 2.45. The predicted molar refractivity (Wildman–Crippen MR) is 115 cm³/mol. The monoisotopic (exact) mass is 405 g/mol. The number of hydrogen-bond donors (Lipinski definition) is 3. The smallest absolute Gasteiger partial charge is 0.319 e. The molecular formula is C23H20ClN3O2. The molecule has 1 fully saturated rings. The highest BCUT2D eigenvalue weighted by atomic mass is 35.5. The maximum absolute atomic E-state index is 12.5. The van der Waals surface area contributed by atoms with Crippen LogP contribution in [0.2, 0.25) is 5.02 Å². The zero-order chi connectivity index (χ0) is 20.3. The second-order valence-corrected chi connectivity index (χ2v) is 7.51. The van der Waals surface area contributed by atoms with E-state index in [9.17, 15) is 9.59 Å². The number of anilines is 2. The van der Waals surface area contributed by atoms with Gasteiger partial charge >= 0.3 is 6.03 Å². The summed E-state index contributed by atoms with van der Waals surface area (Å²) in [7, 11) is 0. The zero-order valence-electron chi connectivity index (χ0n) is 15.6. The molecule has 6 heteroatoms. The molecule has 3 amide bonds. The SMILES string of the molecule is O=C(Nc1cccc(C(=O)Nc2cccc(Cl)c2)c1)NC1(c2ccccc2)CC1. The van der Waals surface area contributed by atoms with Crippen molar-refractivity contribution in [1.29, 1.82) is 0 Å². The molecule has 0 spiro atoms. The van der Waals surface area contributed by atoms with Gasteiger partial charge in [0.2, 0.25) is 0 Å². The van der Waals surface area contributed by atoms with Crippen molar-refractivity contribution in [2.24, 2.45) is 0 Å². The van der Waals surface area contributed by atoms with Crippen LogP contribution < -0.4 is 16.0 Å². The molecule has 3 aromatic carbocycles. The van der Waals surface area contributed by atoms with Crippen LogP contribution in [0.15, 0.2) is 78.9 Å². The number of carbonyl (C=O) groups excluding carboxylic acids is 2. The molecule has 3 aromatic rings. The molecule has 0 atom stereocenters. The molecule has 0 unspecified atom stereocenters. The molecule has 5 nitrogen and oxygen atoms in total. The van der Waals surface area contributed by atoms with E-state index in [0.717, 1.165) is 18.4 Å². The number of amides is 3. The molecule has 0 aliphatic heterocycles. The summed E-state index contributed by atoms with van der Waals surface area (Å²) in [6.45, 7) is 0. The second kappa shape index (κ2) is 7.97. The van der Waals surface area contributed by atoms with Gasteiger partial charge in [-0.1, -0.05) is 54.1 Å². The van der Waals surface area contributed by atoms with E-state index in [2.05, 4.69) is 16.0 Å². The van der Waals surface area contributed by atoms with Crippen molar-refractivity contribution < 1.29 is 9.59 Å². The fourth-order valence-corrected chi connectivity index (χ4v) is 3.45. The number of nitrogens with one attached hydrogen (secondary N) is 3. The van der Waals surface area contributed by atoms with Crippen LogP contribution >= 0.6 is 11.6 Å². The summed E-state index contributed by atoms with van der Waals surface area (Å²) in [5.74, 6) is -0.278. The molecule has 1 aliphatic carbocycles. The minimum Gasteiger partial charge on any atom is -0.328 e. The molecule has 0 heterocycles. The van der Waals surface area contributed by atoms with E-state index >= 15 is 0 Å². The largest absolute Gasteiger partial charge is 0.328 e. The molecule has 4 rings (SSSR count). The maximum atomic E-state index is 12.5. The Morgan fingerprint density at radius 3 is 2.17 bits per heavy atom. The Balaban J connectivity index is 1.41. The molecule has 0 bridgehead atoms. The van der Waals surface area contributed by atoms with Crippen LogP contribution in [-0.2, 0) is 5.54 Å². The fraction of sp³-hybridized carbons (Fsp3) is 0.130. The normalized spacial score (nSPS) is 14.0. The first-order valence-electron chi connectivity index (χ1n) is 9.36. The van der Waals surface area contributed by atoms with E-state index in [1.807, 2.05) is 30.3 Å². The van der Waals surface area contributed by atoms with Gasteiger partial charge in [0.15, 0.2) is 0 Å². The van der Waals surface area contributed by atoms with Crippen LogP contribution in [0, 0.1) is 0 Å². The van der Waals surface area contributed by atoms with Crippen molar-refractivity contribution in [3.05, 3.63) is 95.0 Å². The van der Waals surface area contributed by atoms with Crippen LogP contribution in [0.25, 0.3) is 0 Å². The summed E-state index contributed by atoms with van der Waals surface area (Å²) in [6.07, 6.45) is 1.82. The number of hydrogen-bond acceptors (Lipinski definition) is 2. The topological polar surface area (TPSA) is 70.2 Å². The first-order chi connectivity index (χ1) is 14.0. The van der Waals surface area contributed by atoms with Gasteiger partial charge in [0.25, 0.3) is 5.91 Å². The second-order valence-electron chi connectivity index (χ2n) is 7.07. The highest BCUT2D eigenvalue weighted by Crippen LogP contribution is 2.45. The Kier molecular flexibility index (Phi) is 5.23. The Bertz CT molecular complexity index is 1050. The van der Waals surface area contributed by atoms with Gasteiger partial charge in [0.05, 0.1) is 5.54 Å². The summed E-state index contributed by atoms with van der Waals surface area (Å²) >= 11 is 5.95. The molecule has 1 saturated carbocycles. The van der Waals surface area contributed by atoms with E-state index in [-0.39, 0.29) is 17.5 Å². The van der Waals surface area contributed by atoms with Crippen molar-refractivity contribution in [3.8, 4) is 0 Å². The number of urea groups is 1. The van der Waals surface area contributed by atoms with Crippen molar-refractivity contribution in [2.45, 2.75) is 18.4 Å². The average Bonchev–Trinajstić information content (AvgIpc) is 3.49. The van der Waals surface area contributed by atoms with Crippen molar-refractivity contribution in [1.82, 2.24) is 5.32 Å². The summed E-state index contributed by atoms with van der Waals surface area (Å²) in [5, 5.41) is 9.23. The van der Waals surface area contributed by atoms with Gasteiger partial charge in [-0.15, -0.1) is 0 Å². The van der Waals surface area contributed by atoms with E-state index in [4.69, 9.17) is 11.6 Å². The van der Waals surface area contributed by atoms with Crippen LogP contribution in [0.5, 0.6) is 0 Å². The first kappa shape index (κ1) is 19.0. The molecular weight excluding hydrogens is 386 g/mol. The van der Waals surface area contributed by atoms with E-state index in [0.29, 0.717) is 22.0 Å². The number of rotatable bonds is 5. The molecule has 1 aliphatic rings. The summed E-state index contributed by atoms with van der Waals surface area (Å²) in [5.41, 5.74) is 2.39. The lowest BCUT2D eigenvalue weighted by molar-refractivity contribution is 0.102. The molecule has 0 saturated heterocycles. The first-order valence-corrected chi connectivity index (χ1v) is 9.74. The van der Waals surface area contributed by atoms with Gasteiger partial charge in [-0.25, -0.2) is 4.79 Å². The number of carbonyl (C=O) groups is 2. The van der Waals surface area contributed by atoms with Crippen LogP contribution in [-0.4, -0.2) is 11.9 Å². The third-order valence-corrected chi connectivity index (χ3v) is 5.13. The van der Waals surface area contributed by atoms with Crippen molar-refractivity contribution in [3.63, 3.8) is 0 Å². The minimum atomic E-state index is -0.299. The molecule has 0 aromatic heterocycles. The molecule has 29 heavy (non-hydrogen) atoms. The Labute approximate surface area is 174 Å². The minimum absolute atomic E-state index is 0.278. The van der Waals surface area contributed by atoms with Crippen molar-refractivity contribution in [2.75, 3.05) is 10.6 Å². The number of halogens is 1. The average molecular weight is 406 g/mol. The lowest BCUT2D eigenvalue weighted by Gasteiger charge is -2.18. The highest BCUT2D eigenvalue weighted by molar-refractivity contribution is 6.31. The Hall–Kier alpha value is -3.31. The Morgan fingerprint density at radius 1 is 0.793 bits per heavy atom. The fourth-order valence-electron chi connectivity index (χ4n) is 3.26.